The molecule has 0 saturated carbocycles. The van der Waals surface area contributed by atoms with Crippen LogP contribution in [0, 0.1) is 0 Å². The molecule has 0 atom stereocenters. The maximum atomic E-state index is 11.1. The lowest BCUT2D eigenvalue weighted by atomic mass is 9.97. The van der Waals surface area contributed by atoms with Crippen molar-refractivity contribution in [3.05, 3.63) is 34.7 Å². The molecule has 0 spiro atoms. The Balaban J connectivity index is 1.56. The van der Waals surface area contributed by atoms with Gasteiger partial charge in [-0.15, -0.1) is 11.3 Å². The number of likely N-dealkylation sites (tertiary alicyclic amines) is 1. The summed E-state index contributed by atoms with van der Waals surface area (Å²) in [7, 11) is -1.42. The fraction of sp³-hybridized carbons (Fsp3) is 0.500. The highest BCUT2D eigenvalue weighted by Gasteiger charge is 2.23. The molecule has 3 rings (SSSR count). The Bertz CT molecular complexity index is 828. The van der Waals surface area contributed by atoms with Gasteiger partial charge in [0.2, 0.25) is 10.0 Å². The monoisotopic (exact) mass is 395 g/mol. The molecular weight excluding hydrogens is 370 g/mol. The molecule has 2 heterocycles. The van der Waals surface area contributed by atoms with E-state index in [-0.39, 0.29) is 0 Å². The molecule has 1 N–H and O–H groups in total. The van der Waals surface area contributed by atoms with E-state index in [1.807, 2.05) is 24.3 Å². The van der Waals surface area contributed by atoms with Gasteiger partial charge in [0.15, 0.2) is 0 Å². The Labute approximate surface area is 159 Å². The Morgan fingerprint density at radius 1 is 1.31 bits per heavy atom. The number of rotatable bonds is 7. The summed E-state index contributed by atoms with van der Waals surface area (Å²) in [6, 6.07) is 7.95. The lowest BCUT2D eigenvalue weighted by Gasteiger charge is -2.30. The van der Waals surface area contributed by atoms with Crippen LogP contribution < -0.4 is 9.46 Å². The minimum atomic E-state index is -3.10. The van der Waals surface area contributed by atoms with Crippen molar-refractivity contribution in [3.63, 3.8) is 0 Å². The van der Waals surface area contributed by atoms with E-state index in [0.29, 0.717) is 12.5 Å². The predicted molar refractivity (Wildman–Crippen MR) is 105 cm³/mol. The fourth-order valence-electron chi connectivity index (χ4n) is 3.25. The van der Waals surface area contributed by atoms with Gasteiger partial charge in [0.25, 0.3) is 0 Å². The number of thiazole rings is 1. The molecule has 8 heteroatoms. The number of aromatic nitrogens is 1. The first-order valence-electron chi connectivity index (χ1n) is 8.72. The molecule has 0 unspecified atom stereocenters. The van der Waals surface area contributed by atoms with Gasteiger partial charge in [0.1, 0.15) is 5.75 Å². The van der Waals surface area contributed by atoms with Crippen LogP contribution in [0.1, 0.15) is 23.8 Å². The summed E-state index contributed by atoms with van der Waals surface area (Å²) >= 11 is 1.72. The number of hydrogen-bond donors (Lipinski definition) is 1. The molecule has 2 aromatic rings. The zero-order valence-electron chi connectivity index (χ0n) is 15.1. The van der Waals surface area contributed by atoms with Crippen LogP contribution in [0.25, 0.3) is 11.3 Å². The molecule has 1 aliphatic rings. The molecule has 0 radical (unpaired) electrons. The van der Waals surface area contributed by atoms with Crippen LogP contribution in [0.3, 0.4) is 0 Å². The fourth-order valence-corrected chi connectivity index (χ4v) is 4.70. The molecule has 26 heavy (non-hydrogen) atoms. The third-order valence-electron chi connectivity index (χ3n) is 4.63. The van der Waals surface area contributed by atoms with E-state index in [4.69, 9.17) is 9.72 Å². The molecule has 1 aromatic heterocycles. The van der Waals surface area contributed by atoms with Crippen molar-refractivity contribution < 1.29 is 13.2 Å². The summed E-state index contributed by atoms with van der Waals surface area (Å²) in [5.74, 6) is 1.32. The van der Waals surface area contributed by atoms with Crippen molar-refractivity contribution in [1.29, 1.82) is 0 Å². The molecule has 1 aliphatic heterocycles. The highest BCUT2D eigenvalue weighted by molar-refractivity contribution is 7.88. The summed E-state index contributed by atoms with van der Waals surface area (Å²) in [5, 5.41) is 3.29. The van der Waals surface area contributed by atoms with Gasteiger partial charge < -0.3 is 9.64 Å². The molecule has 1 saturated heterocycles. The SMILES string of the molecule is COc1ccccc1-c1csc(C2CCN(CCNS(C)(=O)=O)CC2)n1. The Hall–Kier alpha value is -1.48. The van der Waals surface area contributed by atoms with Crippen molar-refractivity contribution in [2.45, 2.75) is 18.8 Å². The van der Waals surface area contributed by atoms with Crippen molar-refractivity contribution in [2.24, 2.45) is 0 Å². The maximum absolute atomic E-state index is 11.1. The second-order valence-electron chi connectivity index (χ2n) is 6.55. The van der Waals surface area contributed by atoms with Crippen LogP contribution in [0.4, 0.5) is 0 Å². The van der Waals surface area contributed by atoms with Crippen LogP contribution in [0.2, 0.25) is 0 Å². The summed E-state index contributed by atoms with van der Waals surface area (Å²) < 4.78 is 30.3. The van der Waals surface area contributed by atoms with Crippen molar-refractivity contribution in [2.75, 3.05) is 39.5 Å². The second kappa shape index (κ2) is 8.47. The smallest absolute Gasteiger partial charge is 0.208 e. The van der Waals surface area contributed by atoms with E-state index in [1.54, 1.807) is 18.4 Å². The van der Waals surface area contributed by atoms with E-state index < -0.39 is 10.0 Å². The van der Waals surface area contributed by atoms with E-state index in [0.717, 1.165) is 49.5 Å². The molecule has 1 fully saturated rings. The molecular formula is C18H25N3O3S2. The number of benzene rings is 1. The topological polar surface area (TPSA) is 71.5 Å². The molecule has 6 nitrogen and oxygen atoms in total. The number of ether oxygens (including phenoxy) is 1. The van der Waals surface area contributed by atoms with E-state index >= 15 is 0 Å². The number of hydrogen-bond acceptors (Lipinski definition) is 6. The minimum absolute atomic E-state index is 0.471. The average Bonchev–Trinajstić information content (AvgIpc) is 3.11. The number of nitrogens with one attached hydrogen (secondary N) is 1. The second-order valence-corrected chi connectivity index (χ2v) is 9.28. The number of para-hydroxylation sites is 1. The third kappa shape index (κ3) is 5.03. The Morgan fingerprint density at radius 3 is 2.73 bits per heavy atom. The Morgan fingerprint density at radius 2 is 2.04 bits per heavy atom. The van der Waals surface area contributed by atoms with Crippen LogP contribution >= 0.6 is 11.3 Å². The van der Waals surface area contributed by atoms with Crippen LogP contribution in [-0.2, 0) is 10.0 Å². The van der Waals surface area contributed by atoms with Gasteiger partial charge >= 0.3 is 0 Å². The highest BCUT2D eigenvalue weighted by Crippen LogP contribution is 2.35. The third-order valence-corrected chi connectivity index (χ3v) is 6.37. The van der Waals surface area contributed by atoms with Crippen molar-refractivity contribution >= 4 is 21.4 Å². The number of sulfonamides is 1. The maximum Gasteiger partial charge on any atom is 0.208 e. The van der Waals surface area contributed by atoms with Gasteiger partial charge in [0.05, 0.1) is 24.1 Å². The average molecular weight is 396 g/mol. The van der Waals surface area contributed by atoms with Crippen LogP contribution in [0.15, 0.2) is 29.6 Å². The summed E-state index contributed by atoms with van der Waals surface area (Å²) in [5.41, 5.74) is 2.00. The first-order chi connectivity index (χ1) is 12.5. The molecule has 1 aromatic carbocycles. The van der Waals surface area contributed by atoms with E-state index in [9.17, 15) is 8.42 Å². The zero-order chi connectivity index (χ0) is 18.6. The minimum Gasteiger partial charge on any atom is -0.496 e. The van der Waals surface area contributed by atoms with E-state index in [2.05, 4.69) is 15.0 Å². The van der Waals surface area contributed by atoms with Gasteiger partial charge in [-0.2, -0.15) is 0 Å². The summed E-state index contributed by atoms with van der Waals surface area (Å²) in [6.07, 6.45) is 3.30. The quantitative estimate of drug-likeness (QED) is 0.780. The van der Waals surface area contributed by atoms with Gasteiger partial charge in [-0.3, -0.25) is 0 Å². The van der Waals surface area contributed by atoms with E-state index in [1.165, 1.54) is 11.3 Å². The van der Waals surface area contributed by atoms with Crippen LogP contribution in [-0.4, -0.2) is 57.8 Å². The lowest BCUT2D eigenvalue weighted by molar-refractivity contribution is 0.216. The van der Waals surface area contributed by atoms with Gasteiger partial charge in [-0.1, -0.05) is 12.1 Å². The highest BCUT2D eigenvalue weighted by atomic mass is 32.2. The predicted octanol–water partition coefficient (Wildman–Crippen LogP) is 2.55. The number of piperidine rings is 1. The summed E-state index contributed by atoms with van der Waals surface area (Å²) in [6.45, 7) is 3.17. The Kier molecular flexibility index (Phi) is 6.29. The molecule has 142 valence electrons. The first-order valence-corrected chi connectivity index (χ1v) is 11.5. The number of nitrogens with zero attached hydrogens (tertiary/aromatic N) is 2. The number of methoxy groups -OCH3 is 1. The summed E-state index contributed by atoms with van der Waals surface area (Å²) in [4.78, 5) is 7.17. The zero-order valence-corrected chi connectivity index (χ0v) is 16.8. The lowest BCUT2D eigenvalue weighted by Crippen LogP contribution is -2.38. The first kappa shape index (κ1) is 19.3. The molecule has 0 aliphatic carbocycles. The van der Waals surface area contributed by atoms with Crippen molar-refractivity contribution in [1.82, 2.24) is 14.6 Å². The van der Waals surface area contributed by atoms with Crippen LogP contribution in [0.5, 0.6) is 5.75 Å². The molecule has 0 amide bonds. The normalized spacial score (nSPS) is 16.7. The molecule has 0 bridgehead atoms. The van der Waals surface area contributed by atoms with Gasteiger partial charge in [0, 0.05) is 30.0 Å². The largest absolute Gasteiger partial charge is 0.496 e. The van der Waals surface area contributed by atoms with Gasteiger partial charge in [-0.05, 0) is 38.1 Å². The standard InChI is InChI=1S/C18H25N3O3S2/c1-24-17-6-4-3-5-15(17)16-13-25-18(20-16)14-7-10-21(11-8-14)12-9-19-26(2,22)23/h3-6,13-14,19H,7-12H2,1-2H3. The van der Waals surface area contributed by atoms with Gasteiger partial charge in [-0.25, -0.2) is 18.1 Å². The van der Waals surface area contributed by atoms with Crippen molar-refractivity contribution in [3.8, 4) is 17.0 Å².